The summed E-state index contributed by atoms with van der Waals surface area (Å²) in [4.78, 5) is 15.3. The minimum atomic E-state index is -0.0296. The highest BCUT2D eigenvalue weighted by Crippen LogP contribution is 2.65. The number of nitrogens with zero attached hydrogens (tertiary/aromatic N) is 1. The van der Waals surface area contributed by atoms with Crippen LogP contribution in [0.15, 0.2) is 0 Å². The topological polar surface area (TPSA) is 20.3 Å². The monoisotopic (exact) mass is 249 g/mol. The van der Waals surface area contributed by atoms with Gasteiger partial charge in [0.25, 0.3) is 0 Å². The van der Waals surface area contributed by atoms with Crippen molar-refractivity contribution in [2.75, 3.05) is 19.6 Å². The van der Waals surface area contributed by atoms with Gasteiger partial charge in [0.1, 0.15) is 5.78 Å². The standard InChI is InChI=1S/C16H27NO/c1-15(2)13-7-8-16(15,3)14(18)12(13)11-17-9-5-4-6-10-17/h12-13H,4-11H2,1-3H3. The first-order valence-corrected chi connectivity index (χ1v) is 7.73. The predicted octanol–water partition coefficient (Wildman–Crippen LogP) is 3.11. The highest BCUT2D eigenvalue weighted by atomic mass is 16.1. The van der Waals surface area contributed by atoms with E-state index in [9.17, 15) is 4.79 Å². The zero-order chi connectivity index (χ0) is 13.0. The van der Waals surface area contributed by atoms with Crippen molar-refractivity contribution >= 4 is 5.78 Å². The Morgan fingerprint density at radius 1 is 1.17 bits per heavy atom. The zero-order valence-electron chi connectivity index (χ0n) is 12.2. The average molecular weight is 249 g/mol. The van der Waals surface area contributed by atoms with E-state index in [-0.39, 0.29) is 10.8 Å². The van der Waals surface area contributed by atoms with Crippen LogP contribution in [-0.2, 0) is 4.79 Å². The maximum Gasteiger partial charge on any atom is 0.143 e. The van der Waals surface area contributed by atoms with Gasteiger partial charge in [0.05, 0.1) is 0 Å². The fourth-order valence-corrected chi connectivity index (χ4v) is 4.90. The Balaban J connectivity index is 1.76. The maximum absolute atomic E-state index is 12.8. The number of fused-ring (bicyclic) bond motifs is 2. The first-order valence-electron chi connectivity index (χ1n) is 7.73. The molecule has 3 fully saturated rings. The smallest absolute Gasteiger partial charge is 0.143 e. The van der Waals surface area contributed by atoms with E-state index in [1.54, 1.807) is 0 Å². The molecule has 2 aliphatic carbocycles. The molecule has 0 spiro atoms. The summed E-state index contributed by atoms with van der Waals surface area (Å²) >= 11 is 0. The molecular weight excluding hydrogens is 222 g/mol. The summed E-state index contributed by atoms with van der Waals surface area (Å²) in [6.45, 7) is 10.4. The molecule has 3 rings (SSSR count). The van der Waals surface area contributed by atoms with Gasteiger partial charge in [-0.1, -0.05) is 27.2 Å². The molecule has 0 radical (unpaired) electrons. The lowest BCUT2D eigenvalue weighted by molar-refractivity contribution is -0.132. The van der Waals surface area contributed by atoms with Crippen LogP contribution >= 0.6 is 0 Å². The number of carbonyl (C=O) groups is 1. The normalized spacial score (nSPS) is 43.6. The molecule has 2 heteroatoms. The van der Waals surface area contributed by atoms with Gasteiger partial charge in [-0.2, -0.15) is 0 Å². The summed E-state index contributed by atoms with van der Waals surface area (Å²) in [6, 6.07) is 0. The van der Waals surface area contributed by atoms with E-state index in [1.807, 2.05) is 0 Å². The molecule has 1 aliphatic heterocycles. The number of piperidine rings is 1. The van der Waals surface area contributed by atoms with Crippen molar-refractivity contribution in [1.82, 2.24) is 4.90 Å². The van der Waals surface area contributed by atoms with E-state index in [1.165, 1.54) is 38.8 Å². The third kappa shape index (κ3) is 1.54. The van der Waals surface area contributed by atoms with E-state index >= 15 is 0 Å². The van der Waals surface area contributed by atoms with Crippen LogP contribution in [0.4, 0.5) is 0 Å². The van der Waals surface area contributed by atoms with Crippen molar-refractivity contribution in [3.63, 3.8) is 0 Å². The molecule has 3 atom stereocenters. The average Bonchev–Trinajstić information content (AvgIpc) is 2.65. The van der Waals surface area contributed by atoms with E-state index in [0.29, 0.717) is 17.6 Å². The second kappa shape index (κ2) is 4.06. The van der Waals surface area contributed by atoms with Gasteiger partial charge in [0.2, 0.25) is 0 Å². The number of hydrogen-bond donors (Lipinski definition) is 0. The third-order valence-electron chi connectivity index (χ3n) is 6.57. The maximum atomic E-state index is 12.8. The van der Waals surface area contributed by atoms with Crippen LogP contribution in [0.25, 0.3) is 0 Å². The summed E-state index contributed by atoms with van der Waals surface area (Å²) in [6.07, 6.45) is 6.42. The van der Waals surface area contributed by atoms with Crippen molar-refractivity contribution in [1.29, 1.82) is 0 Å². The van der Waals surface area contributed by atoms with Crippen molar-refractivity contribution < 1.29 is 4.79 Å². The Hall–Kier alpha value is -0.370. The molecule has 3 aliphatic rings. The van der Waals surface area contributed by atoms with E-state index in [2.05, 4.69) is 25.7 Å². The second-order valence-corrected chi connectivity index (χ2v) is 7.53. The van der Waals surface area contributed by atoms with Crippen LogP contribution in [0.1, 0.15) is 52.9 Å². The van der Waals surface area contributed by atoms with E-state index in [4.69, 9.17) is 0 Å². The molecule has 0 aromatic carbocycles. The predicted molar refractivity (Wildman–Crippen MR) is 73.4 cm³/mol. The van der Waals surface area contributed by atoms with E-state index < -0.39 is 0 Å². The van der Waals surface area contributed by atoms with Crippen LogP contribution in [0, 0.1) is 22.7 Å². The summed E-state index contributed by atoms with van der Waals surface area (Å²) in [5.74, 6) is 1.54. The van der Waals surface area contributed by atoms with Crippen molar-refractivity contribution in [3.05, 3.63) is 0 Å². The minimum absolute atomic E-state index is 0.0296. The summed E-state index contributed by atoms with van der Waals surface area (Å²) < 4.78 is 0. The fraction of sp³-hybridized carbons (Fsp3) is 0.938. The summed E-state index contributed by atoms with van der Waals surface area (Å²) in [5.41, 5.74) is 0.197. The van der Waals surface area contributed by atoms with Gasteiger partial charge in [-0.25, -0.2) is 0 Å². The van der Waals surface area contributed by atoms with E-state index in [0.717, 1.165) is 13.0 Å². The number of Topliss-reactive ketones (excluding diaryl/α,β-unsaturated/α-hetero) is 1. The highest BCUT2D eigenvalue weighted by Gasteiger charge is 2.65. The van der Waals surface area contributed by atoms with Crippen LogP contribution in [-0.4, -0.2) is 30.3 Å². The van der Waals surface area contributed by atoms with Gasteiger partial charge in [-0.05, 0) is 50.1 Å². The minimum Gasteiger partial charge on any atom is -0.303 e. The SMILES string of the molecule is CC12CCC(C(CN3CCCCC3)C1=O)C2(C)C. The quantitative estimate of drug-likeness (QED) is 0.749. The number of likely N-dealkylation sites (tertiary alicyclic amines) is 1. The molecule has 1 heterocycles. The first kappa shape index (κ1) is 12.7. The lowest BCUT2D eigenvalue weighted by atomic mass is 9.70. The Morgan fingerprint density at radius 2 is 1.83 bits per heavy atom. The van der Waals surface area contributed by atoms with Gasteiger partial charge < -0.3 is 4.90 Å². The van der Waals surface area contributed by atoms with Gasteiger partial charge in [-0.3, -0.25) is 4.79 Å². The van der Waals surface area contributed by atoms with Crippen molar-refractivity contribution in [2.24, 2.45) is 22.7 Å². The molecule has 2 bridgehead atoms. The highest BCUT2D eigenvalue weighted by molar-refractivity contribution is 5.91. The molecule has 3 unspecified atom stereocenters. The molecular formula is C16H27NO. The fourth-order valence-electron chi connectivity index (χ4n) is 4.90. The summed E-state index contributed by atoms with van der Waals surface area (Å²) in [5, 5.41) is 0. The Bertz CT molecular complexity index is 356. The lowest BCUT2D eigenvalue weighted by Gasteiger charge is -2.32. The van der Waals surface area contributed by atoms with Crippen LogP contribution in [0.3, 0.4) is 0 Å². The Labute approximate surface area is 111 Å². The molecule has 102 valence electrons. The number of hydrogen-bond acceptors (Lipinski definition) is 2. The molecule has 2 nitrogen and oxygen atoms in total. The van der Waals surface area contributed by atoms with Crippen LogP contribution in [0.2, 0.25) is 0 Å². The van der Waals surface area contributed by atoms with Crippen molar-refractivity contribution in [3.8, 4) is 0 Å². The molecule has 1 saturated heterocycles. The molecule has 0 aromatic heterocycles. The number of carbonyl (C=O) groups excluding carboxylic acids is 1. The van der Waals surface area contributed by atoms with Gasteiger partial charge >= 0.3 is 0 Å². The largest absolute Gasteiger partial charge is 0.303 e. The zero-order valence-corrected chi connectivity index (χ0v) is 12.2. The van der Waals surface area contributed by atoms with Gasteiger partial charge in [-0.15, -0.1) is 0 Å². The van der Waals surface area contributed by atoms with Gasteiger partial charge in [0, 0.05) is 17.9 Å². The molecule has 18 heavy (non-hydrogen) atoms. The first-order chi connectivity index (χ1) is 8.47. The van der Waals surface area contributed by atoms with Crippen molar-refractivity contribution in [2.45, 2.75) is 52.9 Å². The third-order valence-corrected chi connectivity index (χ3v) is 6.57. The Kier molecular flexibility index (Phi) is 2.85. The molecule has 0 N–H and O–H groups in total. The molecule has 2 saturated carbocycles. The van der Waals surface area contributed by atoms with Crippen LogP contribution in [0.5, 0.6) is 0 Å². The summed E-state index contributed by atoms with van der Waals surface area (Å²) in [7, 11) is 0. The van der Waals surface area contributed by atoms with Gasteiger partial charge in [0.15, 0.2) is 0 Å². The lowest BCUT2D eigenvalue weighted by Crippen LogP contribution is -2.40. The second-order valence-electron chi connectivity index (χ2n) is 7.53. The Morgan fingerprint density at radius 3 is 2.39 bits per heavy atom. The number of rotatable bonds is 2. The van der Waals surface area contributed by atoms with Crippen LogP contribution < -0.4 is 0 Å². The molecule has 0 aromatic rings. The molecule has 0 amide bonds. The number of ketones is 1.